The van der Waals surface area contributed by atoms with Crippen molar-refractivity contribution in [2.75, 3.05) is 0 Å². The maximum atomic E-state index is 2.33. The van der Waals surface area contributed by atoms with Crippen molar-refractivity contribution >= 4 is 32.7 Å². The summed E-state index contributed by atoms with van der Waals surface area (Å²) < 4.78 is 0. The third kappa shape index (κ3) is 2.79. The van der Waals surface area contributed by atoms with E-state index in [0.717, 1.165) is 0 Å². The summed E-state index contributed by atoms with van der Waals surface area (Å²) in [6.45, 7) is 0. The fraction of sp³-hybridized carbons (Fsp3) is 0. The van der Waals surface area contributed by atoms with Gasteiger partial charge in [-0.2, -0.15) is 0 Å². The number of fused-ring (bicyclic) bond motifs is 7. The molecule has 6 aromatic rings. The van der Waals surface area contributed by atoms with Gasteiger partial charge in [0.1, 0.15) is 0 Å². The quantitative estimate of drug-likeness (QED) is 0.257. The van der Waals surface area contributed by atoms with Crippen LogP contribution in [-0.2, 0) is 0 Å². The average molecular weight is 431 g/mol. The molecule has 0 atom stereocenters. The summed E-state index contributed by atoms with van der Waals surface area (Å²) in [7, 11) is 0. The molecule has 0 heterocycles. The Bertz CT molecular complexity index is 1590. The molecule has 34 heavy (non-hydrogen) atoms. The van der Waals surface area contributed by atoms with Crippen molar-refractivity contribution < 1.29 is 0 Å². The summed E-state index contributed by atoms with van der Waals surface area (Å²) in [6.07, 6.45) is 0. The van der Waals surface area contributed by atoms with Gasteiger partial charge in [-0.3, -0.25) is 0 Å². The minimum atomic E-state index is 1.24. The van der Waals surface area contributed by atoms with E-state index in [1.165, 1.54) is 66.1 Å². The summed E-state index contributed by atoms with van der Waals surface area (Å²) in [5.74, 6) is 0. The Morgan fingerprint density at radius 2 is 0.765 bits per heavy atom. The molecule has 0 nitrogen and oxygen atoms in total. The Morgan fingerprint density at radius 3 is 1.24 bits per heavy atom. The lowest BCUT2D eigenvalue weighted by molar-refractivity contribution is 1.54. The lowest BCUT2D eigenvalue weighted by Gasteiger charge is -2.15. The van der Waals surface area contributed by atoms with Gasteiger partial charge in [0.05, 0.1) is 0 Å². The molecule has 1 aliphatic carbocycles. The zero-order chi connectivity index (χ0) is 22.5. The zero-order valence-electron chi connectivity index (χ0n) is 18.7. The SMILES string of the molecule is c1ccc(C(=C2c3ccc4ccccc4c3-c3c2ccc2ccccc32)c2ccccc2)cc1. The van der Waals surface area contributed by atoms with Gasteiger partial charge in [-0.25, -0.2) is 0 Å². The summed E-state index contributed by atoms with van der Waals surface area (Å²) >= 11 is 0. The highest BCUT2D eigenvalue weighted by Crippen LogP contribution is 2.53. The van der Waals surface area contributed by atoms with Crippen molar-refractivity contribution in [2.45, 2.75) is 0 Å². The molecule has 0 saturated carbocycles. The van der Waals surface area contributed by atoms with Gasteiger partial charge >= 0.3 is 0 Å². The van der Waals surface area contributed by atoms with Crippen molar-refractivity contribution in [2.24, 2.45) is 0 Å². The van der Waals surface area contributed by atoms with Gasteiger partial charge in [0.25, 0.3) is 0 Å². The summed E-state index contributed by atoms with van der Waals surface area (Å²) in [5, 5.41) is 5.19. The van der Waals surface area contributed by atoms with Crippen LogP contribution in [0.2, 0.25) is 0 Å². The van der Waals surface area contributed by atoms with E-state index in [0.29, 0.717) is 0 Å². The maximum absolute atomic E-state index is 2.33. The van der Waals surface area contributed by atoms with Crippen molar-refractivity contribution in [3.8, 4) is 11.1 Å². The Kier molecular flexibility index (Phi) is 4.25. The molecule has 0 saturated heterocycles. The van der Waals surface area contributed by atoms with E-state index in [-0.39, 0.29) is 0 Å². The molecule has 0 bridgehead atoms. The number of hydrogen-bond donors (Lipinski definition) is 0. The van der Waals surface area contributed by atoms with E-state index in [2.05, 4.69) is 133 Å². The molecule has 0 heteroatoms. The smallest absolute Gasteiger partial charge is 0.00139 e. The first kappa shape index (κ1) is 19.1. The van der Waals surface area contributed by atoms with Crippen LogP contribution in [0.3, 0.4) is 0 Å². The molecule has 0 spiro atoms. The van der Waals surface area contributed by atoms with Crippen molar-refractivity contribution in [1.29, 1.82) is 0 Å². The van der Waals surface area contributed by atoms with Crippen LogP contribution in [0, 0.1) is 0 Å². The first-order chi connectivity index (χ1) is 16.9. The second-order valence-electron chi connectivity index (χ2n) is 8.90. The van der Waals surface area contributed by atoms with Crippen LogP contribution in [0.4, 0.5) is 0 Å². The van der Waals surface area contributed by atoms with Crippen LogP contribution in [-0.4, -0.2) is 0 Å². The molecular formula is C34H22. The normalized spacial score (nSPS) is 12.1. The highest BCUT2D eigenvalue weighted by atomic mass is 14.3. The van der Waals surface area contributed by atoms with Crippen LogP contribution < -0.4 is 0 Å². The number of rotatable bonds is 2. The molecule has 0 amide bonds. The molecule has 0 N–H and O–H groups in total. The average Bonchev–Trinajstić information content (AvgIpc) is 3.25. The van der Waals surface area contributed by atoms with E-state index in [9.17, 15) is 0 Å². The summed E-state index contributed by atoms with van der Waals surface area (Å²) in [4.78, 5) is 0. The Labute approximate surface area is 199 Å². The molecule has 158 valence electrons. The van der Waals surface area contributed by atoms with E-state index >= 15 is 0 Å². The van der Waals surface area contributed by atoms with Gasteiger partial charge in [-0.1, -0.05) is 133 Å². The highest BCUT2D eigenvalue weighted by molar-refractivity contribution is 6.23. The van der Waals surface area contributed by atoms with Crippen molar-refractivity contribution in [3.63, 3.8) is 0 Å². The van der Waals surface area contributed by atoms with Gasteiger partial charge < -0.3 is 0 Å². The van der Waals surface area contributed by atoms with Crippen molar-refractivity contribution in [1.82, 2.24) is 0 Å². The van der Waals surface area contributed by atoms with Gasteiger partial charge in [0.15, 0.2) is 0 Å². The van der Waals surface area contributed by atoms with Crippen LogP contribution in [0.25, 0.3) is 43.8 Å². The largest absolute Gasteiger partial charge is 0.0622 e. The van der Waals surface area contributed by atoms with Gasteiger partial charge in [0, 0.05) is 0 Å². The van der Waals surface area contributed by atoms with Crippen molar-refractivity contribution in [3.05, 3.63) is 156 Å². The predicted molar refractivity (Wildman–Crippen MR) is 145 cm³/mol. The van der Waals surface area contributed by atoms with Crippen LogP contribution >= 0.6 is 0 Å². The van der Waals surface area contributed by atoms with E-state index in [1.807, 2.05) is 0 Å². The molecule has 0 aliphatic heterocycles. The fourth-order valence-corrected chi connectivity index (χ4v) is 5.58. The summed E-state index contributed by atoms with van der Waals surface area (Å²) in [5.41, 5.74) is 10.4. The Morgan fingerprint density at radius 1 is 0.353 bits per heavy atom. The second-order valence-corrected chi connectivity index (χ2v) is 8.90. The van der Waals surface area contributed by atoms with Crippen LogP contribution in [0.1, 0.15) is 22.3 Å². The third-order valence-corrected chi connectivity index (χ3v) is 7.02. The third-order valence-electron chi connectivity index (χ3n) is 7.02. The minimum Gasteiger partial charge on any atom is -0.0622 e. The second kappa shape index (κ2) is 7.57. The lowest BCUT2D eigenvalue weighted by Crippen LogP contribution is -1.94. The molecule has 6 aromatic carbocycles. The molecule has 0 aromatic heterocycles. The predicted octanol–water partition coefficient (Wildman–Crippen LogP) is 8.98. The number of benzene rings is 6. The monoisotopic (exact) mass is 430 g/mol. The standard InChI is InChI=1S/C34H22/c1-3-13-25(14-4-1)31(26-15-5-2-6-16-26)34-29-21-19-23-11-7-9-17-27(23)32(29)33-28-18-10-8-12-24(28)20-22-30(33)34/h1-22H. The molecule has 1 aliphatic rings. The Hall–Kier alpha value is -4.42. The number of hydrogen-bond acceptors (Lipinski definition) is 0. The summed E-state index contributed by atoms with van der Waals surface area (Å²) in [6, 6.07) is 48.4. The van der Waals surface area contributed by atoms with Crippen LogP contribution in [0.5, 0.6) is 0 Å². The van der Waals surface area contributed by atoms with E-state index in [4.69, 9.17) is 0 Å². The van der Waals surface area contributed by atoms with Gasteiger partial charge in [-0.15, -0.1) is 0 Å². The van der Waals surface area contributed by atoms with Crippen LogP contribution in [0.15, 0.2) is 133 Å². The molecule has 0 unspecified atom stereocenters. The fourth-order valence-electron chi connectivity index (χ4n) is 5.58. The first-order valence-electron chi connectivity index (χ1n) is 11.8. The van der Waals surface area contributed by atoms with Gasteiger partial charge in [0.2, 0.25) is 0 Å². The molecule has 0 fully saturated rings. The van der Waals surface area contributed by atoms with E-state index < -0.39 is 0 Å². The highest BCUT2D eigenvalue weighted by Gasteiger charge is 2.30. The van der Waals surface area contributed by atoms with E-state index in [1.54, 1.807) is 0 Å². The Balaban J connectivity index is 1.72. The maximum Gasteiger partial charge on any atom is -0.00139 e. The zero-order valence-corrected chi connectivity index (χ0v) is 18.7. The minimum absolute atomic E-state index is 1.24. The lowest BCUT2D eigenvalue weighted by atomic mass is 9.88. The first-order valence-corrected chi connectivity index (χ1v) is 11.8. The molecular weight excluding hydrogens is 408 g/mol. The van der Waals surface area contributed by atoms with Gasteiger partial charge in [-0.05, 0) is 66.1 Å². The molecule has 0 radical (unpaired) electrons. The molecule has 7 rings (SSSR count). The topological polar surface area (TPSA) is 0 Å².